The summed E-state index contributed by atoms with van der Waals surface area (Å²) >= 11 is 0. The van der Waals surface area contributed by atoms with Gasteiger partial charge in [0.2, 0.25) is 0 Å². The number of nitrogens with two attached hydrogens (primary N) is 1. The Balaban J connectivity index is 1.65. The van der Waals surface area contributed by atoms with Crippen LogP contribution in [0.15, 0.2) is 0 Å². The summed E-state index contributed by atoms with van der Waals surface area (Å²) in [6.45, 7) is 2.62. The van der Waals surface area contributed by atoms with Crippen LogP contribution in [0, 0.1) is 11.8 Å². The van der Waals surface area contributed by atoms with Gasteiger partial charge in [-0.05, 0) is 64.1 Å². The molecule has 2 aliphatic rings. The van der Waals surface area contributed by atoms with Crippen LogP contribution in [-0.2, 0) is 0 Å². The number of hydrogen-bond acceptors (Lipinski definition) is 2. The summed E-state index contributed by atoms with van der Waals surface area (Å²) in [4.78, 5) is 2.45. The van der Waals surface area contributed by atoms with Crippen LogP contribution < -0.4 is 5.73 Å². The van der Waals surface area contributed by atoms with E-state index >= 15 is 0 Å². The lowest BCUT2D eigenvalue weighted by Crippen LogP contribution is -2.38. The molecule has 76 valence electrons. The Morgan fingerprint density at radius 2 is 1.77 bits per heavy atom. The van der Waals surface area contributed by atoms with E-state index < -0.39 is 0 Å². The Bertz CT molecular complexity index is 155. The standard InChI is InChI=1S/C11H22N2/c1-13-4-2-9(3-5-13)6-10-7-11(12)8-10/h9-11H,2-8,12H2,1H3. The number of hydrogen-bond donors (Lipinski definition) is 1. The van der Waals surface area contributed by atoms with Crippen LogP contribution in [0.1, 0.15) is 32.1 Å². The van der Waals surface area contributed by atoms with E-state index in [1.165, 1.54) is 45.2 Å². The summed E-state index contributed by atoms with van der Waals surface area (Å²) in [5.74, 6) is 1.98. The van der Waals surface area contributed by atoms with Crippen molar-refractivity contribution < 1.29 is 0 Å². The SMILES string of the molecule is CN1CCC(CC2CC(N)C2)CC1. The molecule has 0 aromatic carbocycles. The number of likely N-dealkylation sites (tertiary alicyclic amines) is 1. The first-order valence-electron chi connectivity index (χ1n) is 5.68. The van der Waals surface area contributed by atoms with Gasteiger partial charge in [0.05, 0.1) is 0 Å². The number of rotatable bonds is 2. The minimum absolute atomic E-state index is 0.538. The Morgan fingerprint density at radius 1 is 1.15 bits per heavy atom. The van der Waals surface area contributed by atoms with Gasteiger partial charge in [0, 0.05) is 6.04 Å². The van der Waals surface area contributed by atoms with Crippen molar-refractivity contribution in [2.24, 2.45) is 17.6 Å². The Hall–Kier alpha value is -0.0800. The van der Waals surface area contributed by atoms with Gasteiger partial charge in [-0.3, -0.25) is 0 Å². The minimum atomic E-state index is 0.538. The summed E-state index contributed by atoms with van der Waals surface area (Å²) in [6, 6.07) is 0.538. The molecular formula is C11H22N2. The molecule has 0 spiro atoms. The lowest BCUT2D eigenvalue weighted by Gasteiger charge is -2.37. The first kappa shape index (κ1) is 9.47. The monoisotopic (exact) mass is 182 g/mol. The molecule has 0 unspecified atom stereocenters. The molecule has 1 saturated carbocycles. The molecule has 2 rings (SSSR count). The summed E-state index contributed by atoms with van der Waals surface area (Å²) < 4.78 is 0. The second-order valence-electron chi connectivity index (χ2n) is 5.08. The lowest BCUT2D eigenvalue weighted by atomic mass is 9.74. The van der Waals surface area contributed by atoms with Gasteiger partial charge in [0.15, 0.2) is 0 Å². The van der Waals surface area contributed by atoms with E-state index in [9.17, 15) is 0 Å². The van der Waals surface area contributed by atoms with Crippen molar-refractivity contribution in [2.45, 2.75) is 38.1 Å². The van der Waals surface area contributed by atoms with Crippen LogP contribution in [0.3, 0.4) is 0 Å². The van der Waals surface area contributed by atoms with Crippen LogP contribution in [0.2, 0.25) is 0 Å². The fourth-order valence-corrected chi connectivity index (χ4v) is 2.75. The average Bonchev–Trinajstić information content (AvgIpc) is 2.06. The maximum Gasteiger partial charge on any atom is 0.00441 e. The van der Waals surface area contributed by atoms with E-state index in [0.717, 1.165) is 11.8 Å². The van der Waals surface area contributed by atoms with Gasteiger partial charge >= 0.3 is 0 Å². The van der Waals surface area contributed by atoms with Gasteiger partial charge < -0.3 is 10.6 Å². The first-order chi connectivity index (χ1) is 6.24. The number of nitrogens with zero attached hydrogens (tertiary/aromatic N) is 1. The third-order valence-electron chi connectivity index (χ3n) is 3.78. The highest BCUT2D eigenvalue weighted by molar-refractivity contribution is 4.84. The van der Waals surface area contributed by atoms with Gasteiger partial charge in [0.1, 0.15) is 0 Å². The molecule has 0 radical (unpaired) electrons. The van der Waals surface area contributed by atoms with Crippen molar-refractivity contribution in [3.05, 3.63) is 0 Å². The van der Waals surface area contributed by atoms with E-state index in [2.05, 4.69) is 11.9 Å². The molecule has 1 aliphatic carbocycles. The van der Waals surface area contributed by atoms with Crippen molar-refractivity contribution in [3.8, 4) is 0 Å². The maximum absolute atomic E-state index is 5.79. The topological polar surface area (TPSA) is 29.3 Å². The molecule has 2 N–H and O–H groups in total. The fraction of sp³-hybridized carbons (Fsp3) is 1.00. The van der Waals surface area contributed by atoms with E-state index in [4.69, 9.17) is 5.73 Å². The van der Waals surface area contributed by atoms with E-state index in [1.807, 2.05) is 0 Å². The molecule has 0 aromatic heterocycles. The lowest BCUT2D eigenvalue weighted by molar-refractivity contribution is 0.156. The summed E-state index contributed by atoms with van der Waals surface area (Å²) in [7, 11) is 2.23. The van der Waals surface area contributed by atoms with Crippen molar-refractivity contribution in [1.29, 1.82) is 0 Å². The van der Waals surface area contributed by atoms with E-state index in [0.29, 0.717) is 6.04 Å². The Kier molecular flexibility index (Phi) is 2.89. The highest BCUT2D eigenvalue weighted by Gasteiger charge is 2.29. The quantitative estimate of drug-likeness (QED) is 0.700. The highest BCUT2D eigenvalue weighted by Crippen LogP contribution is 2.34. The van der Waals surface area contributed by atoms with Crippen molar-refractivity contribution in [2.75, 3.05) is 20.1 Å². The van der Waals surface area contributed by atoms with Crippen molar-refractivity contribution in [1.82, 2.24) is 4.90 Å². The zero-order chi connectivity index (χ0) is 9.26. The van der Waals surface area contributed by atoms with Gasteiger partial charge in [-0.25, -0.2) is 0 Å². The summed E-state index contributed by atoms with van der Waals surface area (Å²) in [5, 5.41) is 0. The third-order valence-corrected chi connectivity index (χ3v) is 3.78. The van der Waals surface area contributed by atoms with Crippen molar-refractivity contribution in [3.63, 3.8) is 0 Å². The van der Waals surface area contributed by atoms with Crippen LogP contribution in [-0.4, -0.2) is 31.1 Å². The molecule has 13 heavy (non-hydrogen) atoms. The smallest absolute Gasteiger partial charge is 0.00441 e. The third kappa shape index (κ3) is 2.44. The van der Waals surface area contributed by atoms with E-state index in [1.54, 1.807) is 0 Å². The summed E-state index contributed by atoms with van der Waals surface area (Å²) in [6.07, 6.45) is 6.89. The molecule has 1 saturated heterocycles. The van der Waals surface area contributed by atoms with Crippen LogP contribution in [0.25, 0.3) is 0 Å². The maximum atomic E-state index is 5.79. The first-order valence-corrected chi connectivity index (χ1v) is 5.68. The van der Waals surface area contributed by atoms with Crippen LogP contribution >= 0.6 is 0 Å². The largest absolute Gasteiger partial charge is 0.328 e. The molecule has 0 amide bonds. The van der Waals surface area contributed by atoms with Gasteiger partial charge in [-0.1, -0.05) is 0 Å². The highest BCUT2D eigenvalue weighted by atomic mass is 15.1. The molecule has 2 nitrogen and oxygen atoms in total. The molecule has 0 bridgehead atoms. The fourth-order valence-electron chi connectivity index (χ4n) is 2.75. The molecular weight excluding hydrogens is 160 g/mol. The van der Waals surface area contributed by atoms with Gasteiger partial charge in [-0.2, -0.15) is 0 Å². The minimum Gasteiger partial charge on any atom is -0.328 e. The Morgan fingerprint density at radius 3 is 2.31 bits per heavy atom. The molecule has 1 heterocycles. The second kappa shape index (κ2) is 3.97. The average molecular weight is 182 g/mol. The van der Waals surface area contributed by atoms with Crippen LogP contribution in [0.4, 0.5) is 0 Å². The van der Waals surface area contributed by atoms with Gasteiger partial charge in [-0.15, -0.1) is 0 Å². The van der Waals surface area contributed by atoms with Crippen LogP contribution in [0.5, 0.6) is 0 Å². The number of piperidine rings is 1. The normalized spacial score (nSPS) is 37.4. The second-order valence-corrected chi connectivity index (χ2v) is 5.08. The molecule has 0 aromatic rings. The predicted octanol–water partition coefficient (Wildman–Crippen LogP) is 1.46. The van der Waals surface area contributed by atoms with E-state index in [-0.39, 0.29) is 0 Å². The van der Waals surface area contributed by atoms with Gasteiger partial charge in [0.25, 0.3) is 0 Å². The molecule has 1 aliphatic heterocycles. The molecule has 0 atom stereocenters. The predicted molar refractivity (Wildman–Crippen MR) is 55.5 cm³/mol. The summed E-state index contributed by atoms with van der Waals surface area (Å²) in [5.41, 5.74) is 5.79. The Labute approximate surface area is 81.5 Å². The zero-order valence-corrected chi connectivity index (χ0v) is 8.71. The molecule has 2 heteroatoms. The molecule has 2 fully saturated rings. The zero-order valence-electron chi connectivity index (χ0n) is 8.71. The van der Waals surface area contributed by atoms with Crippen molar-refractivity contribution >= 4 is 0 Å².